The summed E-state index contributed by atoms with van der Waals surface area (Å²) < 4.78 is 56.5. The second-order valence-corrected chi connectivity index (χ2v) is 7.62. The van der Waals surface area contributed by atoms with Gasteiger partial charge in [-0.1, -0.05) is 0 Å². The van der Waals surface area contributed by atoms with Gasteiger partial charge < -0.3 is 13.3 Å². The van der Waals surface area contributed by atoms with Crippen molar-refractivity contribution in [1.82, 2.24) is 9.78 Å². The molecule has 1 heterocycles. The predicted octanol–water partition coefficient (Wildman–Crippen LogP) is -4.44. The molecule has 2 rings (SSSR count). The van der Waals surface area contributed by atoms with E-state index < -0.39 is 27.5 Å². The Kier molecular flexibility index (Phi) is 13.6. The van der Waals surface area contributed by atoms with Crippen LogP contribution in [-0.2, 0) is 23.6 Å². The first-order chi connectivity index (χ1) is 11.4. The molecule has 10 nitrogen and oxygen atoms in total. The van der Waals surface area contributed by atoms with Crippen molar-refractivity contribution in [2.24, 2.45) is 0 Å². The summed E-state index contributed by atoms with van der Waals surface area (Å²) in [4.78, 5) is 4.75. The largest absolute Gasteiger partial charge is 1.00 e. The van der Waals surface area contributed by atoms with E-state index in [4.69, 9.17) is 9.17 Å². The molecular weight excluding hydrogens is 428 g/mol. The number of aryl methyl sites for hydroxylation is 1. The molecule has 0 aromatic carbocycles. The quantitative estimate of drug-likeness (QED) is 0.104. The second-order valence-electron chi connectivity index (χ2n) is 5.23. The van der Waals surface area contributed by atoms with E-state index in [2.05, 4.69) is 14.9 Å². The minimum Gasteiger partial charge on any atom is -0.776 e. The maximum absolute atomic E-state index is 11.6. The third-order valence-corrected chi connectivity index (χ3v) is 5.52. The van der Waals surface area contributed by atoms with Crippen LogP contribution in [0, 0.1) is 6.92 Å². The number of nitrogens with zero attached hydrogens (tertiary/aromatic N) is 2. The minimum atomic E-state index is -4.55. The maximum Gasteiger partial charge on any atom is 1.00 e. The zero-order valence-corrected chi connectivity index (χ0v) is 21.4. The molecule has 1 aliphatic rings. The van der Waals surface area contributed by atoms with Gasteiger partial charge in [0, 0.05) is 24.4 Å². The first-order valence-electron chi connectivity index (χ1n) is 6.95. The molecule has 1 aromatic rings. The third kappa shape index (κ3) is 7.71. The molecule has 138 valence electrons. The van der Waals surface area contributed by atoms with Gasteiger partial charge in [-0.3, -0.25) is 0 Å². The van der Waals surface area contributed by atoms with Crippen LogP contribution >= 0.6 is 24.4 Å². The van der Waals surface area contributed by atoms with Gasteiger partial charge in [-0.25, -0.2) is 18.6 Å². The summed E-state index contributed by atoms with van der Waals surface area (Å²) in [6.07, 6.45) is 1.75. The van der Waals surface area contributed by atoms with Gasteiger partial charge in [-0.05, 0) is 26.2 Å². The van der Waals surface area contributed by atoms with E-state index in [-0.39, 0.29) is 84.3 Å². The fourth-order valence-corrected chi connectivity index (χ4v) is 4.18. The Morgan fingerprint density at radius 1 is 1.38 bits per heavy atom. The summed E-state index contributed by atoms with van der Waals surface area (Å²) >= 11 is 0.933. The molecule has 0 bridgehead atoms. The molecule has 0 amide bonds. The number of hydrogen-bond acceptors (Lipinski definition) is 11. The first kappa shape index (κ1) is 27.5. The normalized spacial score (nSPS) is 23.0. The summed E-state index contributed by atoms with van der Waals surface area (Å²) in [5.41, 5.74) is 3.10. The molecule has 1 fully saturated rings. The molecule has 0 aliphatic heterocycles. The van der Waals surface area contributed by atoms with Gasteiger partial charge in [0.05, 0.1) is 33.2 Å². The zero-order valence-electron chi connectivity index (χ0n) is 14.9. The van der Waals surface area contributed by atoms with Gasteiger partial charge in [0.2, 0.25) is 0 Å². The fourth-order valence-electron chi connectivity index (χ4n) is 2.76. The average molecular weight is 445 g/mol. The number of aromatic nitrogens is 2. The van der Waals surface area contributed by atoms with Crippen LogP contribution in [0.4, 0.5) is 5.82 Å². The maximum atomic E-state index is 11.6. The van der Waals surface area contributed by atoms with E-state index in [1.807, 2.05) is 0 Å². The number of nitrogens with one attached hydrogen (secondary N) is 1. The molecule has 0 radical (unpaired) electrons. The molecule has 0 spiro atoms. The Bertz CT molecular complexity index is 649. The van der Waals surface area contributed by atoms with E-state index in [1.165, 1.54) is 4.68 Å². The monoisotopic (exact) mass is 445 g/mol. The van der Waals surface area contributed by atoms with E-state index >= 15 is 0 Å². The van der Waals surface area contributed by atoms with Crippen LogP contribution in [0.1, 0.15) is 31.0 Å². The molecule has 1 aliphatic carbocycles. The van der Waals surface area contributed by atoms with E-state index in [0.29, 0.717) is 17.9 Å². The zero-order chi connectivity index (χ0) is 17.7. The van der Waals surface area contributed by atoms with Crippen LogP contribution in [0.25, 0.3) is 0 Å². The molecule has 1 aromatic heterocycles. The van der Waals surface area contributed by atoms with Crippen molar-refractivity contribution in [2.45, 2.75) is 43.6 Å². The van der Waals surface area contributed by atoms with E-state index in [9.17, 15) is 17.5 Å². The molecule has 3 unspecified atom stereocenters. The van der Waals surface area contributed by atoms with Gasteiger partial charge >= 0.3 is 59.1 Å². The van der Waals surface area contributed by atoms with E-state index in [1.54, 1.807) is 19.2 Å². The minimum absolute atomic E-state index is 0. The topological polar surface area (TPSA) is 138 Å². The summed E-state index contributed by atoms with van der Waals surface area (Å²) in [6.45, 7) is 1.71. The standard InChI is InChI=1S/C11H19N3O7S3.2Na/c1-7-5-11(13-20-21-22-2)14(12-7)9-6-8(19-23-15)3-4-10(9)24(16,17)18;;/h5,8-10,13,15H,3-4,6H2,1-2H3,(H,16,17,18);;/q;2*+1/p-2. The van der Waals surface area contributed by atoms with Crippen LogP contribution in [0.2, 0.25) is 0 Å². The van der Waals surface area contributed by atoms with Crippen LogP contribution in [0.15, 0.2) is 6.07 Å². The molecule has 3 atom stereocenters. The first-order valence-corrected chi connectivity index (χ1v) is 10.2. The van der Waals surface area contributed by atoms with Gasteiger partial charge in [0.1, 0.15) is 0 Å². The summed E-state index contributed by atoms with van der Waals surface area (Å²) in [5.74, 6) is 0.329. The van der Waals surface area contributed by atoms with Gasteiger partial charge in [0.25, 0.3) is 0 Å². The Balaban J connectivity index is 0.00000312. The van der Waals surface area contributed by atoms with Gasteiger partial charge in [-0.2, -0.15) is 5.10 Å². The van der Waals surface area contributed by atoms with Crippen LogP contribution < -0.4 is 64.6 Å². The van der Waals surface area contributed by atoms with Crippen molar-refractivity contribution in [2.75, 3.05) is 11.7 Å². The van der Waals surface area contributed by atoms with Gasteiger partial charge in [0.15, 0.2) is 5.82 Å². The van der Waals surface area contributed by atoms with E-state index in [0.717, 1.165) is 12.0 Å². The van der Waals surface area contributed by atoms with Crippen molar-refractivity contribution in [3.05, 3.63) is 11.8 Å². The third-order valence-electron chi connectivity index (χ3n) is 3.67. The average Bonchev–Trinajstić information content (AvgIpc) is 2.87. The second kappa shape index (κ2) is 12.9. The predicted molar refractivity (Wildman–Crippen MR) is 85.9 cm³/mol. The molecule has 15 heteroatoms. The Morgan fingerprint density at radius 2 is 2.08 bits per heavy atom. The van der Waals surface area contributed by atoms with Crippen LogP contribution in [0.3, 0.4) is 0 Å². The molecule has 1 saturated carbocycles. The summed E-state index contributed by atoms with van der Waals surface area (Å²) in [6, 6.07) is 0.831. The summed E-state index contributed by atoms with van der Waals surface area (Å²) in [7, 11) is -4.55. The van der Waals surface area contributed by atoms with Crippen molar-refractivity contribution in [3.63, 3.8) is 0 Å². The van der Waals surface area contributed by atoms with Crippen molar-refractivity contribution in [1.29, 1.82) is 0 Å². The molecule has 1 N–H and O–H groups in total. The summed E-state index contributed by atoms with van der Waals surface area (Å²) in [5, 5.41) is 3.07. The van der Waals surface area contributed by atoms with Crippen LogP contribution in [0.5, 0.6) is 0 Å². The van der Waals surface area contributed by atoms with Crippen molar-refractivity contribution in [3.8, 4) is 0 Å². The number of hydrogen-bond donors (Lipinski definition) is 1. The van der Waals surface area contributed by atoms with Crippen molar-refractivity contribution < 1.29 is 90.1 Å². The van der Waals surface area contributed by atoms with Crippen LogP contribution in [-0.4, -0.2) is 44.9 Å². The Morgan fingerprint density at radius 3 is 2.65 bits per heavy atom. The Hall–Kier alpha value is 1.46. The Labute approximate surface area is 205 Å². The molecular formula is C11H17N3Na2O7S3. The smallest absolute Gasteiger partial charge is 0.776 e. The van der Waals surface area contributed by atoms with Gasteiger partial charge in [-0.15, -0.1) is 21.6 Å². The van der Waals surface area contributed by atoms with Crippen molar-refractivity contribution >= 4 is 40.3 Å². The molecule has 26 heavy (non-hydrogen) atoms. The number of rotatable bonds is 8. The molecule has 0 saturated heterocycles. The fraction of sp³-hybridized carbons (Fsp3) is 0.727. The SMILES string of the molecule is CSOONc1cc(C)nn1C1CC(OS[O-])CCC1S(=O)(=O)[O-].[Na+].[Na+]. The number of anilines is 1.